The number of hydrogen-bond acceptors (Lipinski definition) is 4. The quantitative estimate of drug-likeness (QED) is 0.297. The summed E-state index contributed by atoms with van der Waals surface area (Å²) in [5, 5.41) is 10.5. The van der Waals surface area contributed by atoms with Gasteiger partial charge in [0.05, 0.1) is 20.7 Å². The van der Waals surface area contributed by atoms with Gasteiger partial charge in [0.2, 0.25) is 0 Å². The Kier molecular flexibility index (Phi) is 6.26. The molecule has 4 nitrogen and oxygen atoms in total. The smallest absolute Gasteiger partial charge is 0.271 e. The van der Waals surface area contributed by atoms with Gasteiger partial charge in [-0.25, -0.2) is 4.99 Å². The summed E-state index contributed by atoms with van der Waals surface area (Å²) in [6.07, 6.45) is 3.73. The number of rotatable bonds is 3. The fraction of sp³-hybridized carbons (Fsp3) is 0.0400. The maximum absolute atomic E-state index is 13.5. The number of phenols is 1. The van der Waals surface area contributed by atoms with E-state index in [-0.39, 0.29) is 17.4 Å². The lowest BCUT2D eigenvalue weighted by Gasteiger charge is -2.19. The van der Waals surface area contributed by atoms with Crippen LogP contribution in [0.4, 0.5) is 0 Å². The van der Waals surface area contributed by atoms with Crippen LogP contribution in [0.15, 0.2) is 96.0 Å². The van der Waals surface area contributed by atoms with Crippen molar-refractivity contribution in [1.82, 2.24) is 4.57 Å². The third-order valence-electron chi connectivity index (χ3n) is 5.27. The van der Waals surface area contributed by atoms with E-state index in [1.807, 2.05) is 60.7 Å². The minimum Gasteiger partial charge on any atom is -0.506 e. The summed E-state index contributed by atoms with van der Waals surface area (Å²) in [5.74, 6) is 0.0819. The summed E-state index contributed by atoms with van der Waals surface area (Å²) in [5.41, 5.74) is 3.20. The number of fused-ring (bicyclic) bond motifs is 1. The van der Waals surface area contributed by atoms with Gasteiger partial charge in [0.25, 0.3) is 5.56 Å². The number of allylic oxidation sites excluding steroid dienone is 1. The average molecular weight is 647 g/mol. The van der Waals surface area contributed by atoms with Crippen molar-refractivity contribution in [2.24, 2.45) is 4.99 Å². The number of aromatic nitrogens is 1. The second kappa shape index (κ2) is 9.18. The topological polar surface area (TPSA) is 54.6 Å². The minimum atomic E-state index is -0.297. The average Bonchev–Trinajstić information content (AvgIpc) is 3.13. The van der Waals surface area contributed by atoms with E-state index in [1.165, 1.54) is 11.3 Å². The molecular weight excluding hydrogens is 632 g/mol. The molecule has 0 spiro atoms. The van der Waals surface area contributed by atoms with Crippen LogP contribution in [0, 0.1) is 0 Å². The fourth-order valence-corrected chi connectivity index (χ4v) is 6.22. The first-order chi connectivity index (χ1) is 15.9. The van der Waals surface area contributed by atoms with E-state index in [0.717, 1.165) is 25.8 Å². The Morgan fingerprint density at radius 3 is 2.42 bits per heavy atom. The lowest BCUT2D eigenvalue weighted by Crippen LogP contribution is -2.36. The lowest BCUT2D eigenvalue weighted by molar-refractivity contribution is 0.470. The zero-order valence-corrected chi connectivity index (χ0v) is 22.4. The number of thiazole rings is 1. The highest BCUT2D eigenvalue weighted by Gasteiger charge is 2.22. The van der Waals surface area contributed by atoms with Gasteiger partial charge < -0.3 is 5.11 Å². The summed E-state index contributed by atoms with van der Waals surface area (Å²) < 4.78 is 4.54. The third kappa shape index (κ3) is 4.45. The van der Waals surface area contributed by atoms with Gasteiger partial charge in [-0.3, -0.25) is 9.36 Å². The van der Waals surface area contributed by atoms with Crippen molar-refractivity contribution in [3.63, 3.8) is 0 Å². The predicted molar refractivity (Wildman–Crippen MR) is 143 cm³/mol. The van der Waals surface area contributed by atoms with E-state index in [1.54, 1.807) is 22.8 Å². The largest absolute Gasteiger partial charge is 0.506 e. The Labute approximate surface area is 218 Å². The SMILES string of the molecule is O=c1c(=Cc2cc(Br)cc(Br)c2O)sc2n1C(c1ccc(Br)cc1)C=C(c1ccccc1)N=2. The molecule has 1 aromatic heterocycles. The van der Waals surface area contributed by atoms with Crippen LogP contribution >= 0.6 is 59.1 Å². The standard InChI is InChI=1S/C25H15Br3N2O2S/c26-17-8-6-15(7-9-17)21-13-20(14-4-2-1-3-5-14)29-25-30(21)24(32)22(33-25)11-16-10-18(27)12-19(28)23(16)31/h1-13,21,31H. The summed E-state index contributed by atoms with van der Waals surface area (Å²) >= 11 is 11.6. The Morgan fingerprint density at radius 2 is 1.70 bits per heavy atom. The lowest BCUT2D eigenvalue weighted by atomic mass is 10.0. The number of halogens is 3. The molecule has 1 N–H and O–H groups in total. The molecule has 1 aliphatic rings. The first-order valence-electron chi connectivity index (χ1n) is 9.93. The van der Waals surface area contributed by atoms with Crippen LogP contribution in [0.1, 0.15) is 22.7 Å². The van der Waals surface area contributed by atoms with Gasteiger partial charge in [0.1, 0.15) is 5.75 Å². The van der Waals surface area contributed by atoms with Crippen molar-refractivity contribution in [2.75, 3.05) is 0 Å². The number of hydrogen-bond donors (Lipinski definition) is 1. The molecule has 0 saturated heterocycles. The second-order valence-electron chi connectivity index (χ2n) is 7.42. The number of nitrogens with zero attached hydrogens (tertiary/aromatic N) is 2. The van der Waals surface area contributed by atoms with Gasteiger partial charge in [0.15, 0.2) is 4.80 Å². The molecule has 0 radical (unpaired) electrons. The molecule has 2 heterocycles. The molecule has 1 aliphatic heterocycles. The Morgan fingerprint density at radius 1 is 0.970 bits per heavy atom. The summed E-state index contributed by atoms with van der Waals surface area (Å²) in [4.78, 5) is 19.0. The summed E-state index contributed by atoms with van der Waals surface area (Å²) in [6.45, 7) is 0. The van der Waals surface area contributed by atoms with Crippen LogP contribution in [0.2, 0.25) is 0 Å². The highest BCUT2D eigenvalue weighted by Crippen LogP contribution is 2.32. The van der Waals surface area contributed by atoms with Crippen LogP contribution in [-0.2, 0) is 0 Å². The van der Waals surface area contributed by atoms with Crippen molar-refractivity contribution < 1.29 is 5.11 Å². The van der Waals surface area contributed by atoms with E-state index in [0.29, 0.717) is 19.4 Å². The highest BCUT2D eigenvalue weighted by atomic mass is 79.9. The highest BCUT2D eigenvalue weighted by molar-refractivity contribution is 9.11. The van der Waals surface area contributed by atoms with E-state index in [2.05, 4.69) is 47.8 Å². The van der Waals surface area contributed by atoms with Crippen LogP contribution in [0.3, 0.4) is 0 Å². The Bertz CT molecular complexity index is 1570. The Hall–Kier alpha value is -2.26. The van der Waals surface area contributed by atoms with Gasteiger partial charge in [-0.1, -0.05) is 85.7 Å². The molecule has 0 amide bonds. The van der Waals surface area contributed by atoms with Crippen LogP contribution in [-0.4, -0.2) is 9.67 Å². The minimum absolute atomic E-state index is 0.0819. The normalized spacial score (nSPS) is 15.7. The molecule has 0 aliphatic carbocycles. The molecule has 0 saturated carbocycles. The molecule has 164 valence electrons. The van der Waals surface area contributed by atoms with Crippen molar-refractivity contribution in [2.45, 2.75) is 6.04 Å². The third-order valence-corrected chi connectivity index (χ3v) is 7.85. The van der Waals surface area contributed by atoms with Crippen LogP contribution in [0.5, 0.6) is 5.75 Å². The summed E-state index contributed by atoms with van der Waals surface area (Å²) in [7, 11) is 0. The molecule has 33 heavy (non-hydrogen) atoms. The second-order valence-corrected chi connectivity index (χ2v) is 11.1. The van der Waals surface area contributed by atoms with Gasteiger partial charge in [0, 0.05) is 14.5 Å². The van der Waals surface area contributed by atoms with E-state index < -0.39 is 0 Å². The van der Waals surface area contributed by atoms with E-state index in [4.69, 9.17) is 4.99 Å². The first-order valence-corrected chi connectivity index (χ1v) is 13.1. The number of aromatic hydroxyl groups is 1. The van der Waals surface area contributed by atoms with Crippen molar-refractivity contribution in [1.29, 1.82) is 0 Å². The van der Waals surface area contributed by atoms with Crippen LogP contribution < -0.4 is 14.9 Å². The Balaban J connectivity index is 1.75. The van der Waals surface area contributed by atoms with E-state index in [9.17, 15) is 9.90 Å². The fourth-order valence-electron chi connectivity index (χ4n) is 3.69. The summed E-state index contributed by atoms with van der Waals surface area (Å²) in [6, 6.07) is 21.1. The molecule has 8 heteroatoms. The van der Waals surface area contributed by atoms with Crippen molar-refractivity contribution in [3.8, 4) is 5.75 Å². The van der Waals surface area contributed by atoms with Crippen LogP contribution in [0.25, 0.3) is 11.8 Å². The monoisotopic (exact) mass is 644 g/mol. The van der Waals surface area contributed by atoms with Crippen molar-refractivity contribution >= 4 is 70.9 Å². The predicted octanol–water partition coefficient (Wildman–Crippen LogP) is 6.00. The van der Waals surface area contributed by atoms with Gasteiger partial charge in [-0.05, 0) is 63.5 Å². The zero-order valence-electron chi connectivity index (χ0n) is 16.9. The first kappa shape index (κ1) is 22.5. The van der Waals surface area contributed by atoms with E-state index >= 15 is 0 Å². The number of benzene rings is 3. The maximum Gasteiger partial charge on any atom is 0.271 e. The zero-order chi connectivity index (χ0) is 23.1. The van der Waals surface area contributed by atoms with Gasteiger partial charge >= 0.3 is 0 Å². The molecular formula is C25H15Br3N2O2S. The van der Waals surface area contributed by atoms with Gasteiger partial charge in [-0.15, -0.1) is 0 Å². The number of phenolic OH excluding ortho intramolecular Hbond substituents is 1. The van der Waals surface area contributed by atoms with Crippen molar-refractivity contribution in [3.05, 3.63) is 123 Å². The molecule has 5 rings (SSSR count). The molecule has 4 aromatic rings. The molecule has 0 bridgehead atoms. The molecule has 1 unspecified atom stereocenters. The molecule has 3 aromatic carbocycles. The maximum atomic E-state index is 13.5. The van der Waals surface area contributed by atoms with Gasteiger partial charge in [-0.2, -0.15) is 0 Å². The molecule has 1 atom stereocenters. The molecule has 0 fully saturated rings.